The highest BCUT2D eigenvalue weighted by Crippen LogP contribution is 2.25. The Balaban J connectivity index is 1.96. The van der Waals surface area contributed by atoms with Gasteiger partial charge < -0.3 is 10.1 Å². The second kappa shape index (κ2) is 6.08. The number of nitro groups is 1. The van der Waals surface area contributed by atoms with Crippen LogP contribution in [-0.4, -0.2) is 39.9 Å². The van der Waals surface area contributed by atoms with Crippen LogP contribution in [0, 0.1) is 15.9 Å². The molecule has 3 rings (SSSR count). The number of nitrogens with zero attached hydrogens (tertiary/aromatic N) is 8. The number of hydrogen-bond acceptors (Lipinski definition) is 8. The molecule has 0 aliphatic heterocycles. The Bertz CT molecular complexity index is 863. The molecule has 0 unspecified atom stereocenters. The number of aryl methyl sites for hydroxylation is 1. The zero-order valence-electron chi connectivity index (χ0n) is 11.7. The zero-order chi connectivity index (χ0) is 16.4. The Kier molecular flexibility index (Phi) is 3.97. The molecule has 0 radical (unpaired) electrons. The molecule has 0 N–H and O–H groups in total. The van der Waals surface area contributed by atoms with E-state index in [4.69, 9.17) is 0 Å². The molecule has 3 aromatic rings. The molecule has 0 aliphatic rings. The van der Waals surface area contributed by atoms with E-state index in [9.17, 15) is 14.5 Å². The van der Waals surface area contributed by atoms with E-state index >= 15 is 0 Å². The maximum Gasteiger partial charge on any atom is 0.492 e. The molecule has 0 saturated heterocycles. The summed E-state index contributed by atoms with van der Waals surface area (Å²) in [4.78, 5) is 14.0. The van der Waals surface area contributed by atoms with Gasteiger partial charge in [-0.3, -0.25) is 0 Å². The molecule has 0 aliphatic carbocycles. The van der Waals surface area contributed by atoms with Crippen molar-refractivity contribution in [3.8, 4) is 0 Å². The maximum atomic E-state index is 13.8. The molecule has 0 bridgehead atoms. The summed E-state index contributed by atoms with van der Waals surface area (Å²) in [6.07, 6.45) is 0. The Morgan fingerprint density at radius 1 is 1.35 bits per heavy atom. The number of benzene rings is 1. The number of tetrazole rings is 1. The number of hydrogen-bond donors (Lipinski definition) is 0. The Morgan fingerprint density at radius 3 is 2.78 bits per heavy atom. The van der Waals surface area contributed by atoms with Gasteiger partial charge in [-0.15, -0.1) is 5.10 Å². The summed E-state index contributed by atoms with van der Waals surface area (Å²) in [6, 6.07) is 6.11. The molecule has 0 fully saturated rings. The summed E-state index contributed by atoms with van der Waals surface area (Å²) in [5, 5.41) is 26.2. The molecule has 2 heterocycles. The van der Waals surface area contributed by atoms with Gasteiger partial charge in [-0.05, 0) is 26.4 Å². The van der Waals surface area contributed by atoms with Crippen LogP contribution >= 0.6 is 11.8 Å². The van der Waals surface area contributed by atoms with Gasteiger partial charge in [0.25, 0.3) is 5.16 Å². The third kappa shape index (κ3) is 3.15. The van der Waals surface area contributed by atoms with Gasteiger partial charge in [0.15, 0.2) is 0 Å². The largest absolute Gasteiger partial charge is 0.492 e. The van der Waals surface area contributed by atoms with E-state index in [2.05, 4.69) is 25.6 Å². The minimum absolute atomic E-state index is 0.00112. The van der Waals surface area contributed by atoms with Gasteiger partial charge in [-0.2, -0.15) is 4.68 Å². The van der Waals surface area contributed by atoms with E-state index in [1.54, 1.807) is 25.2 Å². The number of rotatable bonds is 5. The van der Waals surface area contributed by atoms with Crippen molar-refractivity contribution in [1.82, 2.24) is 35.0 Å². The third-order valence-electron chi connectivity index (χ3n) is 2.83. The summed E-state index contributed by atoms with van der Waals surface area (Å²) in [5.74, 6) is -0.999. The van der Waals surface area contributed by atoms with Crippen LogP contribution in [-0.2, 0) is 13.6 Å². The topological polar surface area (TPSA) is 117 Å². The first-order valence-corrected chi connectivity index (χ1v) is 7.09. The molecule has 0 spiro atoms. The SMILES string of the molecule is Cn1nnnc1Sc1nc([N+](=O)[O-])nn1Cc1ccccc1F. The first kappa shape index (κ1) is 15.0. The van der Waals surface area contributed by atoms with Crippen LogP contribution in [0.1, 0.15) is 5.56 Å². The smallest absolute Gasteiger partial charge is 0.390 e. The maximum absolute atomic E-state index is 13.8. The molecule has 0 atom stereocenters. The summed E-state index contributed by atoms with van der Waals surface area (Å²) in [7, 11) is 1.62. The Hall–Kier alpha value is -2.89. The molecule has 118 valence electrons. The molecule has 23 heavy (non-hydrogen) atoms. The van der Waals surface area contributed by atoms with Crippen LogP contribution in [0.15, 0.2) is 34.6 Å². The summed E-state index contributed by atoms with van der Waals surface area (Å²) >= 11 is 1.00. The lowest BCUT2D eigenvalue weighted by Gasteiger charge is -2.02. The van der Waals surface area contributed by atoms with Crippen molar-refractivity contribution in [2.75, 3.05) is 0 Å². The zero-order valence-corrected chi connectivity index (χ0v) is 12.5. The highest BCUT2D eigenvalue weighted by atomic mass is 32.2. The van der Waals surface area contributed by atoms with E-state index in [-0.39, 0.29) is 11.7 Å². The van der Waals surface area contributed by atoms with Gasteiger partial charge in [0, 0.05) is 29.5 Å². The monoisotopic (exact) mass is 336 g/mol. The van der Waals surface area contributed by atoms with Crippen molar-refractivity contribution in [3.05, 3.63) is 45.8 Å². The van der Waals surface area contributed by atoms with Crippen molar-refractivity contribution in [1.29, 1.82) is 0 Å². The normalized spacial score (nSPS) is 10.9. The highest BCUT2D eigenvalue weighted by molar-refractivity contribution is 7.99. The minimum Gasteiger partial charge on any atom is -0.390 e. The van der Waals surface area contributed by atoms with Crippen molar-refractivity contribution >= 4 is 17.7 Å². The lowest BCUT2D eigenvalue weighted by Crippen LogP contribution is -2.06. The van der Waals surface area contributed by atoms with E-state index in [1.807, 2.05) is 0 Å². The van der Waals surface area contributed by atoms with Crippen LogP contribution in [0.25, 0.3) is 0 Å². The standard InChI is InChI=1S/C11H9FN8O2S/c1-18-11(14-16-17-18)23-10-13-9(20(21)22)15-19(10)6-7-4-2-3-5-8(7)12/h2-5H,6H2,1H3. The predicted molar refractivity (Wildman–Crippen MR) is 75.1 cm³/mol. The first-order valence-electron chi connectivity index (χ1n) is 6.27. The summed E-state index contributed by atoms with van der Waals surface area (Å²) < 4.78 is 16.4. The van der Waals surface area contributed by atoms with Gasteiger partial charge >= 0.3 is 5.95 Å². The van der Waals surface area contributed by atoms with Crippen LogP contribution < -0.4 is 0 Å². The molecular formula is C11H9FN8O2S. The minimum atomic E-state index is -0.711. The molecule has 2 aromatic heterocycles. The first-order chi connectivity index (χ1) is 11.0. The van der Waals surface area contributed by atoms with E-state index in [0.29, 0.717) is 10.7 Å². The second-order valence-corrected chi connectivity index (χ2v) is 5.32. The van der Waals surface area contributed by atoms with Crippen LogP contribution in [0.2, 0.25) is 0 Å². The predicted octanol–water partition coefficient (Wildman–Crippen LogP) is 1.05. The van der Waals surface area contributed by atoms with E-state index in [1.165, 1.54) is 15.4 Å². The van der Waals surface area contributed by atoms with Gasteiger partial charge in [0.1, 0.15) is 5.82 Å². The van der Waals surface area contributed by atoms with Crippen molar-refractivity contribution in [3.63, 3.8) is 0 Å². The molecule has 0 amide bonds. The van der Waals surface area contributed by atoms with Gasteiger partial charge in [-0.25, -0.2) is 9.07 Å². The average Bonchev–Trinajstić information content (AvgIpc) is 3.10. The van der Waals surface area contributed by atoms with Crippen molar-refractivity contribution in [2.45, 2.75) is 16.9 Å². The van der Waals surface area contributed by atoms with Crippen LogP contribution in [0.3, 0.4) is 0 Å². The van der Waals surface area contributed by atoms with Gasteiger partial charge in [0.05, 0.1) is 6.54 Å². The summed E-state index contributed by atoms with van der Waals surface area (Å²) in [5.41, 5.74) is 0.338. The molecule has 1 aromatic carbocycles. The summed E-state index contributed by atoms with van der Waals surface area (Å²) in [6.45, 7) is 0.00112. The van der Waals surface area contributed by atoms with E-state index in [0.717, 1.165) is 11.8 Å². The highest BCUT2D eigenvalue weighted by Gasteiger charge is 2.24. The number of aromatic nitrogens is 7. The van der Waals surface area contributed by atoms with Crippen LogP contribution in [0.4, 0.5) is 10.3 Å². The average molecular weight is 336 g/mol. The third-order valence-corrected chi connectivity index (χ3v) is 3.84. The van der Waals surface area contributed by atoms with Gasteiger partial charge in [0.2, 0.25) is 5.16 Å². The number of halogens is 1. The van der Waals surface area contributed by atoms with Crippen molar-refractivity contribution < 1.29 is 9.31 Å². The quantitative estimate of drug-likeness (QED) is 0.501. The molecule has 0 saturated carbocycles. The second-order valence-electron chi connectivity index (χ2n) is 4.39. The fourth-order valence-corrected chi connectivity index (χ4v) is 2.50. The van der Waals surface area contributed by atoms with Crippen molar-refractivity contribution in [2.24, 2.45) is 7.05 Å². The molecular weight excluding hydrogens is 327 g/mol. The Morgan fingerprint density at radius 2 is 2.13 bits per heavy atom. The molecule has 10 nitrogen and oxygen atoms in total. The fraction of sp³-hybridized carbons (Fsp3) is 0.182. The van der Waals surface area contributed by atoms with Gasteiger partial charge in [-0.1, -0.05) is 18.2 Å². The lowest BCUT2D eigenvalue weighted by molar-refractivity contribution is -0.394. The fourth-order valence-electron chi connectivity index (χ4n) is 1.75. The Labute approximate surface area is 132 Å². The van der Waals surface area contributed by atoms with E-state index < -0.39 is 16.7 Å². The lowest BCUT2D eigenvalue weighted by atomic mass is 10.2. The van der Waals surface area contributed by atoms with Crippen LogP contribution in [0.5, 0.6) is 0 Å². The molecule has 12 heteroatoms.